The number of halogens is 5. The highest BCUT2D eigenvalue weighted by atomic mass is 32.2. The average molecular weight is 1420 g/mol. The molecule has 98 heavy (non-hydrogen) atoms. The van der Waals surface area contributed by atoms with Gasteiger partial charge in [0.15, 0.2) is 24.7 Å². The van der Waals surface area contributed by atoms with Gasteiger partial charge in [-0.25, -0.2) is 36.7 Å². The quantitative estimate of drug-likeness (QED) is 0.141. The molecule has 6 aliphatic heterocycles. The molecule has 558 valence electrons. The van der Waals surface area contributed by atoms with Crippen molar-refractivity contribution < 1.29 is 43.5 Å². The van der Waals surface area contributed by atoms with E-state index in [-0.39, 0.29) is 51.1 Å². The monoisotopic (exact) mass is 1420 g/mol. The second kappa shape index (κ2) is 34.7. The average Bonchev–Trinajstić information content (AvgIpc) is 1.60. The minimum Gasteiger partial charge on any atom is -0.379 e. The molecule has 10 heterocycles. The van der Waals surface area contributed by atoms with Gasteiger partial charge in [0.2, 0.25) is 0 Å². The summed E-state index contributed by atoms with van der Waals surface area (Å²) >= 11 is 0. The molecule has 0 spiro atoms. The van der Waals surface area contributed by atoms with Gasteiger partial charge in [0.1, 0.15) is 11.6 Å². The largest absolute Gasteiger partial charge is 0.391 e. The van der Waals surface area contributed by atoms with Crippen molar-refractivity contribution in [2.24, 2.45) is 5.92 Å². The van der Waals surface area contributed by atoms with Gasteiger partial charge in [-0.05, 0) is 205 Å². The molecule has 0 N–H and O–H groups in total. The Morgan fingerprint density at radius 2 is 1.04 bits per heavy atom. The Balaban J connectivity index is 0.000000244. The second-order valence-electron chi connectivity index (χ2n) is 34.0. The molecule has 10 rings (SSSR count). The number of nitrogens with zero attached hydrogens (tertiary/aromatic N) is 11. The molecular weight excluding hydrogens is 1290 g/mol. The molecule has 0 aliphatic carbocycles. The number of aromatic nitrogens is 4. The Bertz CT molecular complexity index is 3200. The lowest BCUT2D eigenvalue weighted by Crippen LogP contribution is -2.58. The summed E-state index contributed by atoms with van der Waals surface area (Å²) in [6.45, 7) is 57.8. The molecule has 3 unspecified atom stereocenters. The first-order valence-corrected chi connectivity index (χ1v) is 38.9. The number of anilines is 2. The summed E-state index contributed by atoms with van der Waals surface area (Å²) < 4.78 is 114. The highest BCUT2D eigenvalue weighted by molar-refractivity contribution is 7.91. The van der Waals surface area contributed by atoms with Gasteiger partial charge in [0.05, 0.1) is 24.0 Å². The third kappa shape index (κ3) is 27.7. The molecule has 4 aromatic rings. The summed E-state index contributed by atoms with van der Waals surface area (Å²) in [5.74, 6) is 1.17. The number of morpholine rings is 1. The zero-order valence-electron chi connectivity index (χ0n) is 64.3. The fourth-order valence-corrected chi connectivity index (χ4v) is 14.1. The van der Waals surface area contributed by atoms with Crippen LogP contribution in [0.2, 0.25) is 0 Å². The van der Waals surface area contributed by atoms with Crippen LogP contribution in [-0.4, -0.2) is 210 Å². The van der Waals surface area contributed by atoms with Crippen molar-refractivity contribution in [1.29, 1.82) is 0 Å². The van der Waals surface area contributed by atoms with Crippen LogP contribution in [0, 0.1) is 5.92 Å². The SMILES string of the molecule is CC(C)(C)N1CC2CC1CN2c1ccccn1.CC(C)(C)N1CCC(C(F)(F)F)CC1.CC(C)(C)N1CCCCC1(F)F.CC(C)(C)N1CCOCC1.CC(C)(C)c1ccc(S(C)(=O)=O)cn1.CC(C)(C)c1cccc(S(C)(=O)=O)n1.CC1CN(c2ccccn2)CCN1C(C)(C)C. The lowest BCUT2D eigenvalue weighted by atomic mass is 9.92. The van der Waals surface area contributed by atoms with E-state index in [0.29, 0.717) is 55.3 Å². The van der Waals surface area contributed by atoms with E-state index in [1.807, 2.05) is 114 Å². The Kier molecular flexibility index (Phi) is 30.4. The second-order valence-corrected chi connectivity index (χ2v) is 38.0. The molecule has 6 fully saturated rings. The molecule has 3 atom stereocenters. The smallest absolute Gasteiger partial charge is 0.379 e. The van der Waals surface area contributed by atoms with E-state index in [4.69, 9.17) is 4.74 Å². The van der Waals surface area contributed by atoms with E-state index in [1.165, 1.54) is 42.6 Å². The standard InChI is InChI=1S/C14H21N3.C14H23N3.C10H18F3N.2C10H15NO2S.C9H17F2N.C8H17NO/c1-14(2,3)17-10-11-8-12(17)9-16(11)13-6-4-5-7-15-13;1-12-11-16(13-7-5-6-8-15-13)9-10-17(12)14(2,3)4;1-9(2,3)14-6-4-8(5-7-14)10(11,12)13;1-10(2,3)9-6-5-8(7-11-9)14(4,12)13;1-10(2,3)8-6-5-7-9(11-8)14(4,12)13;1-8(2,3)12-7-5-4-6-9(12,10)11;1-8(2,3)9-4-6-10-7-5-9/h4-7,11-12H,8-10H2,1-3H3;5-8,12H,9-11H2,1-4H3;8H,4-7H2,1-3H3;2*5-7H,1-4H3;4-7H2,1-3H3;4-7H2,1-3H3. The van der Waals surface area contributed by atoms with Gasteiger partial charge in [-0.1, -0.05) is 59.7 Å². The number of ether oxygens (including phenoxy) is 1. The van der Waals surface area contributed by atoms with Crippen molar-refractivity contribution in [3.05, 3.63) is 96.7 Å². The predicted molar refractivity (Wildman–Crippen MR) is 392 cm³/mol. The topological polar surface area (TPSA) is 152 Å². The Morgan fingerprint density at radius 3 is 1.42 bits per heavy atom. The van der Waals surface area contributed by atoms with Crippen molar-refractivity contribution in [3.63, 3.8) is 0 Å². The van der Waals surface area contributed by atoms with Crippen LogP contribution >= 0.6 is 0 Å². The first-order valence-electron chi connectivity index (χ1n) is 35.1. The van der Waals surface area contributed by atoms with Crippen molar-refractivity contribution in [3.8, 4) is 0 Å². The third-order valence-corrected chi connectivity index (χ3v) is 20.6. The Hall–Kier alpha value is -4.49. The fourth-order valence-electron chi connectivity index (χ4n) is 12.9. The maximum absolute atomic E-state index is 13.3. The number of fused-ring (bicyclic) bond motifs is 2. The molecule has 6 aliphatic rings. The van der Waals surface area contributed by atoms with Gasteiger partial charge in [0, 0.05) is 158 Å². The lowest BCUT2D eigenvalue weighted by Gasteiger charge is -2.47. The van der Waals surface area contributed by atoms with Crippen molar-refractivity contribution in [2.75, 3.05) is 101 Å². The van der Waals surface area contributed by atoms with Crippen LogP contribution in [0.3, 0.4) is 0 Å². The molecular formula is C75H126F5N11O5S2. The van der Waals surface area contributed by atoms with Crippen LogP contribution in [0.4, 0.5) is 33.6 Å². The van der Waals surface area contributed by atoms with Crippen LogP contribution in [0.15, 0.2) is 95.2 Å². The molecule has 0 saturated carbocycles. The highest BCUT2D eigenvalue weighted by Crippen LogP contribution is 2.39. The lowest BCUT2D eigenvalue weighted by molar-refractivity contribution is -0.200. The van der Waals surface area contributed by atoms with Gasteiger partial charge >= 0.3 is 12.2 Å². The van der Waals surface area contributed by atoms with E-state index in [9.17, 15) is 38.8 Å². The summed E-state index contributed by atoms with van der Waals surface area (Å²) in [5, 5.41) is 0.143. The number of hydrogen-bond acceptors (Lipinski definition) is 16. The van der Waals surface area contributed by atoms with Gasteiger partial charge in [-0.2, -0.15) is 22.0 Å². The van der Waals surface area contributed by atoms with Crippen LogP contribution in [0.5, 0.6) is 0 Å². The van der Waals surface area contributed by atoms with Gasteiger partial charge < -0.3 is 14.5 Å². The predicted octanol–water partition coefficient (Wildman–Crippen LogP) is 15.1. The number of piperazine rings is 2. The van der Waals surface area contributed by atoms with E-state index in [1.54, 1.807) is 18.2 Å². The first kappa shape index (κ1) is 85.9. The van der Waals surface area contributed by atoms with Gasteiger partial charge in [0.25, 0.3) is 0 Å². The number of alkyl halides is 5. The Labute approximate surface area is 589 Å². The molecule has 0 aromatic carbocycles. The number of sulfone groups is 2. The van der Waals surface area contributed by atoms with Crippen LogP contribution < -0.4 is 9.80 Å². The molecule has 2 bridgehead atoms. The number of likely N-dealkylation sites (tertiary alicyclic amines) is 3. The summed E-state index contributed by atoms with van der Waals surface area (Å²) in [6, 6.07) is 20.1. The van der Waals surface area contributed by atoms with Crippen molar-refractivity contribution in [1.82, 2.24) is 44.4 Å². The molecule has 6 saturated heterocycles. The minimum absolute atomic E-state index is 0.00340. The van der Waals surface area contributed by atoms with Crippen molar-refractivity contribution in [2.45, 2.75) is 270 Å². The van der Waals surface area contributed by atoms with Crippen LogP contribution in [0.25, 0.3) is 0 Å². The normalized spacial score (nSPS) is 21.4. The number of rotatable bonds is 4. The molecule has 0 radical (unpaired) electrons. The number of piperidine rings is 2. The highest BCUT2D eigenvalue weighted by Gasteiger charge is 2.48. The number of hydrogen-bond donors (Lipinski definition) is 0. The zero-order valence-corrected chi connectivity index (χ0v) is 65.9. The molecule has 16 nitrogen and oxygen atoms in total. The molecule has 23 heteroatoms. The molecule has 4 aromatic heterocycles. The Morgan fingerprint density at radius 1 is 0.510 bits per heavy atom. The van der Waals surface area contributed by atoms with Crippen LogP contribution in [0.1, 0.15) is 202 Å². The maximum Gasteiger partial charge on any atom is 0.391 e. The summed E-state index contributed by atoms with van der Waals surface area (Å²) in [6.07, 6.45) is 6.90. The van der Waals surface area contributed by atoms with E-state index < -0.39 is 43.4 Å². The maximum atomic E-state index is 13.3. The molecule has 0 amide bonds. The summed E-state index contributed by atoms with van der Waals surface area (Å²) in [5.41, 5.74) is 1.98. The summed E-state index contributed by atoms with van der Waals surface area (Å²) in [7, 11) is -6.32. The van der Waals surface area contributed by atoms with E-state index in [0.717, 1.165) is 81.9 Å². The van der Waals surface area contributed by atoms with Gasteiger partial charge in [-0.15, -0.1) is 0 Å². The minimum atomic E-state index is -4.00. The van der Waals surface area contributed by atoms with Gasteiger partial charge in [-0.3, -0.25) is 24.6 Å². The van der Waals surface area contributed by atoms with E-state index >= 15 is 0 Å². The fraction of sp³-hybridized carbons (Fsp3) is 0.733. The van der Waals surface area contributed by atoms with Crippen molar-refractivity contribution >= 4 is 31.3 Å². The van der Waals surface area contributed by atoms with E-state index in [2.05, 4.69) is 143 Å². The number of pyridine rings is 4. The van der Waals surface area contributed by atoms with Crippen LogP contribution in [-0.2, 0) is 35.2 Å². The first-order chi connectivity index (χ1) is 44.6. The third-order valence-electron chi connectivity index (χ3n) is 18.5. The zero-order chi connectivity index (χ0) is 74.5. The summed E-state index contributed by atoms with van der Waals surface area (Å²) in [4.78, 5) is 33.4.